The summed E-state index contributed by atoms with van der Waals surface area (Å²) < 4.78 is 6.83. The van der Waals surface area contributed by atoms with Crippen LogP contribution in [0.25, 0.3) is 21.5 Å². The second-order valence-corrected chi connectivity index (χ2v) is 11.4. The lowest BCUT2D eigenvalue weighted by molar-refractivity contribution is -0.137. The normalized spacial score (nSPS) is 18.3. The van der Waals surface area contributed by atoms with Crippen molar-refractivity contribution in [3.63, 3.8) is 0 Å². The number of aromatic nitrogens is 2. The van der Waals surface area contributed by atoms with Crippen LogP contribution >= 0.6 is 22.9 Å². The zero-order chi connectivity index (χ0) is 27.5. The smallest absolute Gasteiger partial charge is 0.327 e. The molecule has 3 aromatic rings. The lowest BCUT2D eigenvalue weighted by Gasteiger charge is -2.33. The molecule has 2 saturated heterocycles. The van der Waals surface area contributed by atoms with Crippen molar-refractivity contribution in [1.82, 2.24) is 25.1 Å². The minimum atomic E-state index is -0.907. The highest BCUT2D eigenvalue weighted by Gasteiger charge is 2.32. The predicted molar refractivity (Wildman–Crippen MR) is 148 cm³/mol. The summed E-state index contributed by atoms with van der Waals surface area (Å²) in [5, 5.41) is 12.9. The maximum absolute atomic E-state index is 13.1. The van der Waals surface area contributed by atoms with Crippen LogP contribution in [0.15, 0.2) is 24.5 Å². The highest BCUT2D eigenvalue weighted by molar-refractivity contribution is 7.19. The molecular weight excluding hydrogens is 542 g/mol. The van der Waals surface area contributed by atoms with Gasteiger partial charge in [0.2, 0.25) is 5.91 Å². The summed E-state index contributed by atoms with van der Waals surface area (Å²) in [7, 11) is 0. The molecule has 0 radical (unpaired) electrons. The fourth-order valence-corrected chi connectivity index (χ4v) is 6.46. The van der Waals surface area contributed by atoms with Gasteiger partial charge < -0.3 is 20.1 Å². The number of carboxylic acid groups (broad SMARTS) is 1. The number of amides is 3. The van der Waals surface area contributed by atoms with E-state index in [-0.39, 0.29) is 31.4 Å². The van der Waals surface area contributed by atoms with Crippen molar-refractivity contribution in [3.05, 3.63) is 45.6 Å². The molecule has 0 aliphatic carbocycles. The first kappa shape index (κ1) is 27.4. The summed E-state index contributed by atoms with van der Waals surface area (Å²) in [5.74, 6) is -1.15. The van der Waals surface area contributed by atoms with Gasteiger partial charge in [0.15, 0.2) is 0 Å². The number of imide groups is 1. The standard InChI is InChI=1S/C27H30ClN5O5S/c1-16-9-17(28)10-21(20(16)11-18-13-29-5-8-38-18)25-26-22(30-15-31-25)12-19(39-26)14-33-23(34)4-7-32(27(33)37)6-2-3-24(35)36/h9-10,12,15,18,29H,2-8,11,13-14H2,1H3,(H,35,36). The van der Waals surface area contributed by atoms with Gasteiger partial charge in [0, 0.05) is 60.9 Å². The van der Waals surface area contributed by atoms with E-state index >= 15 is 0 Å². The van der Waals surface area contributed by atoms with E-state index in [4.69, 9.17) is 21.4 Å². The fraction of sp³-hybridized carbons (Fsp3) is 0.444. The van der Waals surface area contributed by atoms with Crippen molar-refractivity contribution < 1.29 is 24.2 Å². The number of halogens is 1. The summed E-state index contributed by atoms with van der Waals surface area (Å²) in [6.07, 6.45) is 2.80. The van der Waals surface area contributed by atoms with Gasteiger partial charge >= 0.3 is 12.0 Å². The molecule has 1 aromatic carbocycles. The van der Waals surface area contributed by atoms with E-state index in [1.807, 2.05) is 25.1 Å². The van der Waals surface area contributed by atoms with Crippen LogP contribution < -0.4 is 5.32 Å². The topological polar surface area (TPSA) is 125 Å². The van der Waals surface area contributed by atoms with Gasteiger partial charge in [-0.05, 0) is 42.7 Å². The third-order valence-corrected chi connectivity index (χ3v) is 8.36. The van der Waals surface area contributed by atoms with E-state index in [0.717, 1.165) is 50.6 Å². The maximum atomic E-state index is 13.1. The zero-order valence-electron chi connectivity index (χ0n) is 21.6. The summed E-state index contributed by atoms with van der Waals surface area (Å²) in [6, 6.07) is 5.37. The number of carboxylic acids is 1. The lowest BCUT2D eigenvalue weighted by Crippen LogP contribution is -2.51. The van der Waals surface area contributed by atoms with Gasteiger partial charge in [0.1, 0.15) is 6.33 Å². The average Bonchev–Trinajstić information content (AvgIpc) is 3.32. The number of hydrogen-bond acceptors (Lipinski definition) is 8. The molecule has 3 amide bonds. The average molecular weight is 572 g/mol. The molecule has 1 unspecified atom stereocenters. The van der Waals surface area contributed by atoms with Gasteiger partial charge in [-0.1, -0.05) is 11.6 Å². The number of nitrogens with one attached hydrogen (secondary N) is 1. The largest absolute Gasteiger partial charge is 0.481 e. The first-order valence-corrected chi connectivity index (χ1v) is 14.2. The molecule has 12 heteroatoms. The lowest BCUT2D eigenvalue weighted by atomic mass is 9.94. The molecule has 2 aliphatic heterocycles. The Kier molecular flexibility index (Phi) is 8.41. The van der Waals surface area contributed by atoms with Gasteiger partial charge in [-0.25, -0.2) is 14.8 Å². The molecule has 10 nitrogen and oxygen atoms in total. The third-order valence-electron chi connectivity index (χ3n) is 7.02. The minimum absolute atomic E-state index is 0.0240. The quantitative estimate of drug-likeness (QED) is 0.396. The van der Waals surface area contributed by atoms with Crippen molar-refractivity contribution in [2.24, 2.45) is 0 Å². The Bertz CT molecular complexity index is 1410. The number of thiophene rings is 1. The monoisotopic (exact) mass is 571 g/mol. The number of ether oxygens (including phenoxy) is 1. The number of carbonyl (C=O) groups excluding carboxylic acids is 2. The van der Waals surface area contributed by atoms with Gasteiger partial charge in [-0.3, -0.25) is 14.5 Å². The predicted octanol–water partition coefficient (Wildman–Crippen LogP) is 3.87. The molecular formula is C27H30ClN5O5S. The van der Waals surface area contributed by atoms with E-state index in [1.165, 1.54) is 22.6 Å². The van der Waals surface area contributed by atoms with Crippen molar-refractivity contribution in [2.75, 3.05) is 32.8 Å². The first-order valence-electron chi connectivity index (χ1n) is 13.0. The minimum Gasteiger partial charge on any atom is -0.481 e. The molecule has 4 heterocycles. The Hall–Kier alpha value is -3.12. The second kappa shape index (κ2) is 12.0. The number of carbonyl (C=O) groups is 3. The number of urea groups is 1. The molecule has 2 fully saturated rings. The van der Waals surface area contributed by atoms with E-state index < -0.39 is 12.0 Å². The highest BCUT2D eigenvalue weighted by atomic mass is 35.5. The van der Waals surface area contributed by atoms with Crippen LogP contribution in [0.3, 0.4) is 0 Å². The van der Waals surface area contributed by atoms with Crippen molar-refractivity contribution >= 4 is 51.1 Å². The van der Waals surface area contributed by atoms with Crippen LogP contribution in [0.2, 0.25) is 5.02 Å². The van der Waals surface area contributed by atoms with Gasteiger partial charge in [-0.2, -0.15) is 0 Å². The number of nitrogens with zero attached hydrogens (tertiary/aromatic N) is 4. The number of hydrogen-bond donors (Lipinski definition) is 2. The summed E-state index contributed by atoms with van der Waals surface area (Å²) >= 11 is 7.95. The van der Waals surface area contributed by atoms with Crippen LogP contribution in [0, 0.1) is 6.92 Å². The van der Waals surface area contributed by atoms with Gasteiger partial charge in [-0.15, -0.1) is 11.3 Å². The SMILES string of the molecule is Cc1cc(Cl)cc(-c2ncnc3cc(CN4C(=O)CCN(CCCC(=O)O)C4=O)sc23)c1CC1CNCCO1. The molecule has 0 saturated carbocycles. The summed E-state index contributed by atoms with van der Waals surface area (Å²) in [5.41, 5.74) is 4.58. The Morgan fingerprint density at radius 1 is 1.28 bits per heavy atom. The van der Waals surface area contributed by atoms with E-state index in [9.17, 15) is 14.4 Å². The van der Waals surface area contributed by atoms with E-state index in [0.29, 0.717) is 37.6 Å². The Balaban J connectivity index is 1.43. The molecule has 2 N–H and O–H groups in total. The van der Waals surface area contributed by atoms with Crippen LogP contribution in [0.5, 0.6) is 0 Å². The van der Waals surface area contributed by atoms with Crippen LogP contribution in [-0.4, -0.2) is 81.7 Å². The third kappa shape index (κ3) is 6.22. The van der Waals surface area contributed by atoms with Gasteiger partial charge in [0.05, 0.1) is 35.2 Å². The number of fused-ring (bicyclic) bond motifs is 1. The number of aryl methyl sites for hydroxylation is 1. The van der Waals surface area contributed by atoms with Crippen molar-refractivity contribution in [2.45, 2.75) is 45.3 Å². The first-order chi connectivity index (χ1) is 18.8. The molecule has 206 valence electrons. The Morgan fingerprint density at radius 2 is 2.13 bits per heavy atom. The van der Waals surface area contributed by atoms with E-state index in [1.54, 1.807) is 4.90 Å². The molecule has 39 heavy (non-hydrogen) atoms. The number of aliphatic carboxylic acids is 1. The van der Waals surface area contributed by atoms with Crippen LogP contribution in [-0.2, 0) is 27.3 Å². The fourth-order valence-electron chi connectivity index (χ4n) is 5.09. The molecule has 0 spiro atoms. The van der Waals surface area contributed by atoms with Crippen molar-refractivity contribution in [1.29, 1.82) is 0 Å². The van der Waals surface area contributed by atoms with Crippen LogP contribution in [0.4, 0.5) is 4.79 Å². The number of morpholine rings is 1. The number of benzene rings is 1. The molecule has 0 bridgehead atoms. The maximum Gasteiger partial charge on any atom is 0.327 e. The van der Waals surface area contributed by atoms with Gasteiger partial charge in [0.25, 0.3) is 0 Å². The molecule has 1 atom stereocenters. The Labute approximate surface area is 234 Å². The van der Waals surface area contributed by atoms with Crippen molar-refractivity contribution in [3.8, 4) is 11.3 Å². The molecule has 5 rings (SSSR count). The summed E-state index contributed by atoms with van der Waals surface area (Å²) in [4.78, 5) is 49.3. The van der Waals surface area contributed by atoms with E-state index in [2.05, 4.69) is 15.3 Å². The number of rotatable bonds is 9. The van der Waals surface area contributed by atoms with Crippen LogP contribution in [0.1, 0.15) is 35.3 Å². The highest BCUT2D eigenvalue weighted by Crippen LogP contribution is 2.37. The zero-order valence-corrected chi connectivity index (χ0v) is 23.2. The molecule has 2 aliphatic rings. The molecule has 2 aromatic heterocycles. The summed E-state index contributed by atoms with van der Waals surface area (Å²) in [6.45, 7) is 5.04. The second-order valence-electron chi connectivity index (χ2n) is 9.80. The Morgan fingerprint density at radius 3 is 2.90 bits per heavy atom.